The van der Waals surface area contributed by atoms with Crippen LogP contribution in [0.25, 0.3) is 11.4 Å². The summed E-state index contributed by atoms with van der Waals surface area (Å²) in [7, 11) is -4.73. The van der Waals surface area contributed by atoms with Gasteiger partial charge in [-0.2, -0.15) is 4.98 Å². The average molecular weight is 485 g/mol. The van der Waals surface area contributed by atoms with Gasteiger partial charge in [-0.25, -0.2) is 9.36 Å². The smallest absolute Gasteiger partial charge is 0.390 e. The summed E-state index contributed by atoms with van der Waals surface area (Å²) in [6.45, 7) is -0.548. The average Bonchev–Trinajstić information content (AvgIpc) is 3.18. The number of aliphatic hydroxyl groups is 1. The first-order valence-electron chi connectivity index (χ1n) is 10.0. The summed E-state index contributed by atoms with van der Waals surface area (Å²) in [6.07, 6.45) is 1.50. The number of nitrogens with two attached hydrogens (primary N) is 1. The van der Waals surface area contributed by atoms with Crippen molar-refractivity contribution in [2.24, 2.45) is 0 Å². The summed E-state index contributed by atoms with van der Waals surface area (Å²) in [5, 5.41) is 10.1. The molecular weight excluding hydrogens is 465 g/mol. The Hall–Kier alpha value is -3.43. The van der Waals surface area contributed by atoms with Crippen molar-refractivity contribution in [1.82, 2.24) is 19.5 Å². The number of anilines is 1. The predicted molar refractivity (Wildman–Crippen MR) is 119 cm³/mol. The second-order valence-corrected chi connectivity index (χ2v) is 8.58. The molecule has 0 saturated carbocycles. The zero-order chi connectivity index (χ0) is 24.3. The second kappa shape index (κ2) is 9.82. The van der Waals surface area contributed by atoms with Crippen molar-refractivity contribution in [2.45, 2.75) is 24.9 Å². The number of hydrogen-bond donors (Lipinski definition) is 4. The van der Waals surface area contributed by atoms with Gasteiger partial charge in [0.15, 0.2) is 0 Å². The standard InChI is InChI=1S/C21H20N5O7P/c22-20-14(6-4-13-5-7-16(24-10-13)15-3-1-2-8-23-15)11-26(21(28)25-20)19-9-17(27)18(33-19)12-32-34(29,30)31/h1-3,5,7-8,10-11,17-19,27H,9,12H2,(H2,22,25,28)(H2,29,30,31)/t17-,18+,19+/m0/s1. The van der Waals surface area contributed by atoms with Crippen LogP contribution in [0.15, 0.2) is 53.7 Å². The number of phosphoric ester groups is 1. The van der Waals surface area contributed by atoms with Crippen LogP contribution >= 0.6 is 7.82 Å². The first-order valence-corrected chi connectivity index (χ1v) is 11.5. The Bertz CT molecular complexity index is 1330. The number of nitrogens with zero attached hydrogens (tertiary/aromatic N) is 4. The molecule has 4 rings (SSSR count). The molecule has 13 heteroatoms. The Morgan fingerprint density at radius 2 is 2.00 bits per heavy atom. The molecule has 1 saturated heterocycles. The van der Waals surface area contributed by atoms with Gasteiger partial charge in [-0.05, 0) is 24.3 Å². The number of ether oxygens (including phenoxy) is 1. The fourth-order valence-corrected chi connectivity index (χ4v) is 3.60. The van der Waals surface area contributed by atoms with Crippen LogP contribution in [0.1, 0.15) is 23.8 Å². The summed E-state index contributed by atoms with van der Waals surface area (Å²) in [5.41, 5.74) is 7.40. The van der Waals surface area contributed by atoms with Gasteiger partial charge in [0.05, 0.1) is 29.7 Å². The van der Waals surface area contributed by atoms with Crippen molar-refractivity contribution in [2.75, 3.05) is 12.3 Å². The SMILES string of the molecule is Nc1nc(=O)n([C@H]2C[C@H](O)[C@@H](COP(=O)(O)O)O2)cc1C#Cc1ccc(-c2ccccn2)nc1. The fraction of sp³-hybridized carbons (Fsp3) is 0.238. The number of phosphoric acid groups is 1. The third-order valence-corrected chi connectivity index (χ3v) is 5.42. The third kappa shape index (κ3) is 5.73. The Labute approximate surface area is 193 Å². The maximum Gasteiger partial charge on any atom is 0.469 e. The molecule has 12 nitrogen and oxygen atoms in total. The number of rotatable bonds is 5. The molecule has 3 aromatic heterocycles. The summed E-state index contributed by atoms with van der Waals surface area (Å²) < 4.78 is 22.0. The molecule has 1 aliphatic rings. The van der Waals surface area contributed by atoms with E-state index >= 15 is 0 Å². The molecule has 0 amide bonds. The highest BCUT2D eigenvalue weighted by Crippen LogP contribution is 2.38. The largest absolute Gasteiger partial charge is 0.469 e. The van der Waals surface area contributed by atoms with E-state index in [1.807, 2.05) is 18.2 Å². The molecule has 176 valence electrons. The van der Waals surface area contributed by atoms with Crippen LogP contribution in [0.2, 0.25) is 0 Å². The number of hydrogen-bond acceptors (Lipinski definition) is 9. The summed E-state index contributed by atoms with van der Waals surface area (Å²) >= 11 is 0. The Morgan fingerprint density at radius 3 is 2.68 bits per heavy atom. The van der Waals surface area contributed by atoms with E-state index in [-0.39, 0.29) is 17.8 Å². The normalized spacial score (nSPS) is 20.0. The van der Waals surface area contributed by atoms with Gasteiger partial charge in [0.1, 0.15) is 18.1 Å². The van der Waals surface area contributed by atoms with E-state index in [0.717, 1.165) is 10.3 Å². The molecular formula is C21H20N5O7P. The summed E-state index contributed by atoms with van der Waals surface area (Å²) in [6, 6.07) is 9.07. The van der Waals surface area contributed by atoms with E-state index in [1.54, 1.807) is 24.5 Å². The van der Waals surface area contributed by atoms with Gasteiger partial charge in [0.25, 0.3) is 0 Å². The highest BCUT2D eigenvalue weighted by Gasteiger charge is 2.37. The molecule has 34 heavy (non-hydrogen) atoms. The molecule has 0 radical (unpaired) electrons. The van der Waals surface area contributed by atoms with Crippen LogP contribution in [0.3, 0.4) is 0 Å². The monoisotopic (exact) mass is 485 g/mol. The van der Waals surface area contributed by atoms with Gasteiger partial charge in [-0.1, -0.05) is 17.9 Å². The van der Waals surface area contributed by atoms with Crippen LogP contribution in [0.5, 0.6) is 0 Å². The van der Waals surface area contributed by atoms with E-state index in [2.05, 4.69) is 31.3 Å². The zero-order valence-corrected chi connectivity index (χ0v) is 18.4. The topological polar surface area (TPSA) is 183 Å². The zero-order valence-electron chi connectivity index (χ0n) is 17.6. The highest BCUT2D eigenvalue weighted by molar-refractivity contribution is 7.46. The maximum absolute atomic E-state index is 12.3. The number of pyridine rings is 2. The highest BCUT2D eigenvalue weighted by atomic mass is 31.2. The van der Waals surface area contributed by atoms with Gasteiger partial charge in [-0.3, -0.25) is 19.1 Å². The lowest BCUT2D eigenvalue weighted by atomic mass is 10.2. The predicted octanol–water partition coefficient (Wildman–Crippen LogP) is 0.440. The van der Waals surface area contributed by atoms with Crippen LogP contribution in [0, 0.1) is 11.8 Å². The van der Waals surface area contributed by atoms with E-state index in [0.29, 0.717) is 11.3 Å². The molecule has 3 aromatic rings. The lowest BCUT2D eigenvalue weighted by molar-refractivity contribution is -0.0450. The first kappa shape index (κ1) is 23.7. The third-order valence-electron chi connectivity index (χ3n) is 4.93. The summed E-state index contributed by atoms with van der Waals surface area (Å²) in [5.74, 6) is 5.68. The lowest BCUT2D eigenvalue weighted by Crippen LogP contribution is -2.29. The van der Waals surface area contributed by atoms with Crippen molar-refractivity contribution >= 4 is 13.6 Å². The molecule has 0 unspecified atom stereocenters. The molecule has 1 aliphatic heterocycles. The molecule has 0 aliphatic carbocycles. The second-order valence-electron chi connectivity index (χ2n) is 7.35. The van der Waals surface area contributed by atoms with Gasteiger partial charge in [0, 0.05) is 30.6 Å². The fourth-order valence-electron chi connectivity index (χ4n) is 3.26. The van der Waals surface area contributed by atoms with Gasteiger partial charge < -0.3 is 25.4 Å². The van der Waals surface area contributed by atoms with Crippen LogP contribution < -0.4 is 11.4 Å². The maximum atomic E-state index is 12.3. The quantitative estimate of drug-likeness (QED) is 0.290. The van der Waals surface area contributed by atoms with E-state index in [1.165, 1.54) is 6.20 Å². The molecule has 0 aromatic carbocycles. The van der Waals surface area contributed by atoms with E-state index < -0.39 is 38.6 Å². The Balaban J connectivity index is 1.52. The minimum atomic E-state index is -4.73. The minimum Gasteiger partial charge on any atom is -0.390 e. The molecule has 0 spiro atoms. The van der Waals surface area contributed by atoms with Gasteiger partial charge >= 0.3 is 13.5 Å². The molecule has 3 atom stereocenters. The van der Waals surface area contributed by atoms with Crippen molar-refractivity contribution < 1.29 is 28.7 Å². The van der Waals surface area contributed by atoms with Gasteiger partial charge in [0.2, 0.25) is 0 Å². The molecule has 4 heterocycles. The van der Waals surface area contributed by atoms with E-state index in [4.69, 9.17) is 20.3 Å². The Kier molecular flexibility index (Phi) is 6.85. The molecule has 0 bridgehead atoms. The minimum absolute atomic E-state index is 0.0214. The van der Waals surface area contributed by atoms with Crippen molar-refractivity contribution in [3.05, 3.63) is 70.5 Å². The van der Waals surface area contributed by atoms with Crippen molar-refractivity contribution in [3.8, 4) is 23.2 Å². The van der Waals surface area contributed by atoms with E-state index in [9.17, 15) is 14.5 Å². The first-order chi connectivity index (χ1) is 16.2. The van der Waals surface area contributed by atoms with Crippen molar-refractivity contribution in [1.29, 1.82) is 0 Å². The lowest BCUT2D eigenvalue weighted by Gasteiger charge is -2.16. The summed E-state index contributed by atoms with van der Waals surface area (Å²) in [4.78, 5) is 42.4. The van der Waals surface area contributed by atoms with Crippen LogP contribution in [0.4, 0.5) is 5.82 Å². The number of aromatic nitrogens is 4. The van der Waals surface area contributed by atoms with Gasteiger partial charge in [-0.15, -0.1) is 0 Å². The molecule has 5 N–H and O–H groups in total. The number of nitrogen functional groups attached to an aromatic ring is 1. The van der Waals surface area contributed by atoms with Crippen LogP contribution in [-0.2, 0) is 13.8 Å². The number of aliphatic hydroxyl groups excluding tert-OH is 1. The molecule has 1 fully saturated rings. The van der Waals surface area contributed by atoms with Crippen molar-refractivity contribution in [3.63, 3.8) is 0 Å². The van der Waals surface area contributed by atoms with Crippen LogP contribution in [-0.4, -0.2) is 53.2 Å². The Morgan fingerprint density at radius 1 is 1.21 bits per heavy atom.